The fraction of sp³-hybridized carbons (Fsp3) is 0.308. The fourth-order valence-corrected chi connectivity index (χ4v) is 2.28. The topological polar surface area (TPSA) is 116 Å². The van der Waals surface area contributed by atoms with Crippen LogP contribution in [0.3, 0.4) is 0 Å². The summed E-state index contributed by atoms with van der Waals surface area (Å²) in [7, 11) is 0. The zero-order valence-electron chi connectivity index (χ0n) is 11.1. The number of β-lactam (4-membered cyclic amide) rings is 1. The minimum absolute atomic E-state index is 0.0801. The highest BCUT2D eigenvalue weighted by Gasteiger charge is 2.56. The van der Waals surface area contributed by atoms with Gasteiger partial charge in [0.15, 0.2) is 6.23 Å². The first kappa shape index (κ1) is 14.0. The van der Waals surface area contributed by atoms with Crippen molar-refractivity contribution in [1.82, 2.24) is 4.90 Å². The van der Waals surface area contributed by atoms with Crippen molar-refractivity contribution in [3.05, 3.63) is 39.9 Å². The summed E-state index contributed by atoms with van der Waals surface area (Å²) in [5, 5.41) is 10.5. The quantitative estimate of drug-likeness (QED) is 0.255. The Hall–Kier alpha value is -2.97. The van der Waals surface area contributed by atoms with Crippen LogP contribution in [0.1, 0.15) is 12.0 Å². The number of carbonyl (C=O) groups excluding carboxylic acids is 3. The third kappa shape index (κ3) is 2.26. The normalized spacial score (nSPS) is 22.6. The molecule has 2 saturated heterocycles. The highest BCUT2D eigenvalue weighted by atomic mass is 16.6. The van der Waals surface area contributed by atoms with Gasteiger partial charge in [-0.15, -0.1) is 0 Å². The molecule has 0 aliphatic carbocycles. The van der Waals surface area contributed by atoms with Crippen molar-refractivity contribution in [3.8, 4) is 0 Å². The van der Waals surface area contributed by atoms with Crippen LogP contribution in [0.5, 0.6) is 0 Å². The number of nitro groups is 1. The van der Waals surface area contributed by atoms with Gasteiger partial charge in [0, 0.05) is 12.1 Å². The van der Waals surface area contributed by atoms with Crippen LogP contribution in [0.15, 0.2) is 24.3 Å². The van der Waals surface area contributed by atoms with E-state index < -0.39 is 29.1 Å². The maximum Gasteiger partial charge on any atom is 0.342 e. The Bertz CT molecular complexity index is 669. The molecule has 0 unspecified atom stereocenters. The van der Waals surface area contributed by atoms with Gasteiger partial charge in [0.25, 0.3) is 5.69 Å². The summed E-state index contributed by atoms with van der Waals surface area (Å²) in [5.41, 5.74) is 0.445. The number of nitro benzene ring substituents is 1. The Morgan fingerprint density at radius 3 is 2.64 bits per heavy atom. The lowest BCUT2D eigenvalue weighted by molar-refractivity contribution is -0.384. The Morgan fingerprint density at radius 1 is 1.36 bits per heavy atom. The Morgan fingerprint density at radius 2 is 2.05 bits per heavy atom. The monoisotopic (exact) mass is 306 g/mol. The minimum atomic E-state index is -1.36. The number of fused-ring (bicyclic) bond motifs is 1. The molecule has 9 nitrogen and oxygen atoms in total. The molecule has 3 rings (SSSR count). The molecule has 9 heteroatoms. The van der Waals surface area contributed by atoms with Crippen molar-refractivity contribution in [1.29, 1.82) is 0 Å². The van der Waals surface area contributed by atoms with Crippen LogP contribution in [-0.4, -0.2) is 39.9 Å². The summed E-state index contributed by atoms with van der Waals surface area (Å²) in [5.74, 6) is -2.02. The van der Waals surface area contributed by atoms with Gasteiger partial charge in [-0.25, -0.2) is 9.59 Å². The van der Waals surface area contributed by atoms with E-state index in [2.05, 4.69) is 0 Å². The molecule has 1 amide bonds. The van der Waals surface area contributed by atoms with Crippen molar-refractivity contribution >= 4 is 23.5 Å². The summed E-state index contributed by atoms with van der Waals surface area (Å²) >= 11 is 0. The van der Waals surface area contributed by atoms with Gasteiger partial charge in [0.2, 0.25) is 11.9 Å². The molecule has 1 aromatic rings. The molecule has 0 bridgehead atoms. The van der Waals surface area contributed by atoms with Crippen molar-refractivity contribution < 1.29 is 28.8 Å². The van der Waals surface area contributed by atoms with E-state index in [1.165, 1.54) is 24.3 Å². The number of hydrogen-bond donors (Lipinski definition) is 0. The number of amides is 1. The first-order valence-corrected chi connectivity index (χ1v) is 6.39. The Labute approximate surface area is 123 Å². The Balaban J connectivity index is 1.61. The van der Waals surface area contributed by atoms with Crippen molar-refractivity contribution in [3.63, 3.8) is 0 Å². The predicted octanol–water partition coefficient (Wildman–Crippen LogP) is 0.122. The highest BCUT2D eigenvalue weighted by Crippen LogP contribution is 2.31. The van der Waals surface area contributed by atoms with Crippen LogP contribution in [0.25, 0.3) is 0 Å². The first-order valence-electron chi connectivity index (χ1n) is 6.39. The zero-order chi connectivity index (χ0) is 15.9. The Kier molecular flexibility index (Phi) is 3.24. The van der Waals surface area contributed by atoms with Crippen LogP contribution >= 0.6 is 0 Å². The second-order valence-electron chi connectivity index (χ2n) is 4.83. The minimum Gasteiger partial charge on any atom is -0.459 e. The number of hydrogen-bond acceptors (Lipinski definition) is 7. The molecule has 0 saturated carbocycles. The summed E-state index contributed by atoms with van der Waals surface area (Å²) in [6.45, 7) is -0.159. The predicted molar refractivity (Wildman–Crippen MR) is 68.0 cm³/mol. The van der Waals surface area contributed by atoms with Gasteiger partial charge in [0.05, 0.1) is 11.3 Å². The largest absolute Gasteiger partial charge is 0.459 e. The first-order chi connectivity index (χ1) is 10.5. The van der Waals surface area contributed by atoms with Crippen molar-refractivity contribution in [2.24, 2.45) is 0 Å². The average molecular weight is 306 g/mol. The lowest BCUT2D eigenvalue weighted by atomic mass is 10.1. The van der Waals surface area contributed by atoms with E-state index in [0.717, 1.165) is 4.90 Å². The van der Waals surface area contributed by atoms with Crippen LogP contribution < -0.4 is 0 Å². The summed E-state index contributed by atoms with van der Waals surface area (Å²) in [6, 6.07) is 4.08. The molecule has 2 fully saturated rings. The van der Waals surface area contributed by atoms with E-state index in [9.17, 15) is 24.5 Å². The van der Waals surface area contributed by atoms with Gasteiger partial charge in [-0.2, -0.15) is 0 Å². The van der Waals surface area contributed by atoms with Crippen LogP contribution in [-0.2, 0) is 30.5 Å². The van der Waals surface area contributed by atoms with E-state index in [1.54, 1.807) is 0 Å². The molecule has 0 aromatic heterocycles. The maximum absolute atomic E-state index is 11.9. The number of carbonyl (C=O) groups is 3. The van der Waals surface area contributed by atoms with E-state index in [1.807, 2.05) is 0 Å². The van der Waals surface area contributed by atoms with Gasteiger partial charge in [0.1, 0.15) is 6.61 Å². The molecule has 2 aliphatic rings. The summed E-state index contributed by atoms with van der Waals surface area (Å²) in [6.07, 6.45) is -0.588. The summed E-state index contributed by atoms with van der Waals surface area (Å²) < 4.78 is 9.83. The number of rotatable bonds is 4. The van der Waals surface area contributed by atoms with Crippen molar-refractivity contribution in [2.45, 2.75) is 25.3 Å². The fourth-order valence-electron chi connectivity index (χ4n) is 2.28. The lowest BCUT2D eigenvalue weighted by Gasteiger charge is -2.33. The van der Waals surface area contributed by atoms with Gasteiger partial charge in [-0.05, 0) is 17.7 Å². The smallest absolute Gasteiger partial charge is 0.342 e. The zero-order valence-corrected chi connectivity index (χ0v) is 11.1. The molecule has 114 valence electrons. The molecule has 2 heterocycles. The second-order valence-corrected chi connectivity index (χ2v) is 4.83. The van der Waals surface area contributed by atoms with Gasteiger partial charge in [-0.3, -0.25) is 19.8 Å². The van der Waals surface area contributed by atoms with Crippen LogP contribution in [0.4, 0.5) is 5.69 Å². The molecule has 0 N–H and O–H groups in total. The van der Waals surface area contributed by atoms with Gasteiger partial charge >= 0.3 is 11.9 Å². The van der Waals surface area contributed by atoms with E-state index in [0.29, 0.717) is 5.56 Å². The molecule has 0 radical (unpaired) electrons. The number of nitrogens with zero attached hydrogens (tertiary/aromatic N) is 2. The molecule has 2 atom stereocenters. The molecule has 1 aromatic carbocycles. The second kappa shape index (κ2) is 5.10. The lowest BCUT2D eigenvalue weighted by Crippen LogP contribution is -2.55. The van der Waals surface area contributed by atoms with Gasteiger partial charge in [-0.1, -0.05) is 0 Å². The highest BCUT2D eigenvalue weighted by molar-refractivity contribution is 6.06. The SMILES string of the molecule is O=C(OCc1ccc([N+](=O)[O-])cc1)[C@@H]1C(=O)O[C@H]2CC(=O)N12. The summed E-state index contributed by atoms with van der Waals surface area (Å²) in [4.78, 5) is 45.9. The molecular formula is C13H10N2O7. The maximum atomic E-state index is 11.9. The van der Waals surface area contributed by atoms with E-state index in [-0.39, 0.29) is 24.6 Å². The average Bonchev–Trinajstić information content (AvgIpc) is 2.76. The molecule has 2 aliphatic heterocycles. The molecule has 22 heavy (non-hydrogen) atoms. The van der Waals surface area contributed by atoms with Gasteiger partial charge < -0.3 is 9.47 Å². The van der Waals surface area contributed by atoms with Crippen LogP contribution in [0, 0.1) is 10.1 Å². The van der Waals surface area contributed by atoms with E-state index >= 15 is 0 Å². The number of esters is 2. The molecular weight excluding hydrogens is 296 g/mol. The van der Waals surface area contributed by atoms with Crippen LogP contribution in [0.2, 0.25) is 0 Å². The number of benzene rings is 1. The number of ether oxygens (including phenoxy) is 2. The molecule has 0 spiro atoms. The third-order valence-electron chi connectivity index (χ3n) is 3.45. The third-order valence-corrected chi connectivity index (χ3v) is 3.45. The van der Waals surface area contributed by atoms with Crippen molar-refractivity contribution in [2.75, 3.05) is 0 Å². The standard InChI is InChI=1S/C13H10N2O7/c16-9-5-10-14(9)11(13(18)22-10)12(17)21-6-7-1-3-8(4-2-7)15(19)20/h1-4,10-11H,5-6H2/t10-,11+/m0/s1. The van der Waals surface area contributed by atoms with E-state index in [4.69, 9.17) is 9.47 Å². The number of non-ortho nitro benzene ring substituents is 1.